The normalized spacial score (nSPS) is 11.6. The number of rotatable bonds is 4. The van der Waals surface area contributed by atoms with E-state index in [2.05, 4.69) is 33.6 Å². The van der Waals surface area contributed by atoms with E-state index in [0.717, 1.165) is 22.3 Å². The van der Waals surface area contributed by atoms with Gasteiger partial charge in [-0.2, -0.15) is 0 Å². The minimum absolute atomic E-state index is 0.354. The Morgan fingerprint density at radius 2 is 2.15 bits per heavy atom. The van der Waals surface area contributed by atoms with Crippen LogP contribution in [0.5, 0.6) is 0 Å². The first-order valence-corrected chi connectivity index (χ1v) is 7.65. The first kappa shape index (κ1) is 13.5. The molecule has 3 rings (SSSR count). The van der Waals surface area contributed by atoms with Gasteiger partial charge in [-0.25, -0.2) is 4.98 Å². The molecule has 0 aliphatic carbocycles. The first-order chi connectivity index (χ1) is 9.63. The second-order valence-electron chi connectivity index (χ2n) is 4.75. The summed E-state index contributed by atoms with van der Waals surface area (Å²) in [5.41, 5.74) is 1.89. The highest BCUT2D eigenvalue weighted by atomic mass is 35.5. The van der Waals surface area contributed by atoms with Crippen molar-refractivity contribution in [1.29, 1.82) is 0 Å². The van der Waals surface area contributed by atoms with Crippen molar-refractivity contribution in [1.82, 2.24) is 24.1 Å². The van der Waals surface area contributed by atoms with Crippen molar-refractivity contribution >= 4 is 29.0 Å². The average molecular weight is 308 g/mol. The van der Waals surface area contributed by atoms with Gasteiger partial charge in [0.05, 0.1) is 10.7 Å². The van der Waals surface area contributed by atoms with E-state index in [1.165, 1.54) is 0 Å². The molecule has 0 fully saturated rings. The Bertz CT molecular complexity index is 733. The molecule has 0 aromatic carbocycles. The molecule has 0 bridgehead atoms. The summed E-state index contributed by atoms with van der Waals surface area (Å²) in [5.74, 6) is 0.755. The van der Waals surface area contributed by atoms with E-state index >= 15 is 0 Å². The predicted octanol–water partition coefficient (Wildman–Crippen LogP) is 3.45. The highest BCUT2D eigenvalue weighted by molar-refractivity contribution is 7.98. The summed E-state index contributed by atoms with van der Waals surface area (Å²) in [6, 6.07) is 4.11. The fourth-order valence-corrected chi connectivity index (χ4v) is 3.01. The zero-order valence-corrected chi connectivity index (χ0v) is 12.8. The maximum atomic E-state index is 5.97. The van der Waals surface area contributed by atoms with E-state index in [4.69, 9.17) is 11.6 Å². The maximum Gasteiger partial charge on any atom is 0.191 e. The van der Waals surface area contributed by atoms with Crippen LogP contribution in [0, 0.1) is 0 Å². The van der Waals surface area contributed by atoms with E-state index in [9.17, 15) is 0 Å². The van der Waals surface area contributed by atoms with Crippen LogP contribution in [-0.2, 0) is 5.75 Å². The van der Waals surface area contributed by atoms with Crippen molar-refractivity contribution in [3.8, 4) is 0 Å². The third-order valence-electron chi connectivity index (χ3n) is 2.91. The van der Waals surface area contributed by atoms with Gasteiger partial charge in [0.15, 0.2) is 5.16 Å². The monoisotopic (exact) mass is 307 g/mol. The van der Waals surface area contributed by atoms with E-state index in [0.29, 0.717) is 11.1 Å². The van der Waals surface area contributed by atoms with Gasteiger partial charge >= 0.3 is 0 Å². The van der Waals surface area contributed by atoms with E-state index in [-0.39, 0.29) is 0 Å². The highest BCUT2D eigenvalue weighted by Crippen LogP contribution is 2.23. The molecule has 104 valence electrons. The summed E-state index contributed by atoms with van der Waals surface area (Å²) in [7, 11) is 0. The van der Waals surface area contributed by atoms with Gasteiger partial charge in [0, 0.05) is 24.2 Å². The number of pyridine rings is 1. The van der Waals surface area contributed by atoms with Crippen LogP contribution in [0.2, 0.25) is 5.02 Å². The van der Waals surface area contributed by atoms with Gasteiger partial charge in [-0.05, 0) is 26.0 Å². The van der Waals surface area contributed by atoms with Crippen molar-refractivity contribution in [3.63, 3.8) is 0 Å². The lowest BCUT2D eigenvalue weighted by Crippen LogP contribution is -2.00. The molecule has 7 heteroatoms. The quantitative estimate of drug-likeness (QED) is 0.693. The van der Waals surface area contributed by atoms with Gasteiger partial charge < -0.3 is 8.97 Å². The Labute approximate surface area is 126 Å². The number of fused-ring (bicyclic) bond motifs is 1. The lowest BCUT2D eigenvalue weighted by atomic mass is 10.4. The Morgan fingerprint density at radius 3 is 2.95 bits per heavy atom. The Morgan fingerprint density at radius 1 is 1.30 bits per heavy atom. The van der Waals surface area contributed by atoms with Gasteiger partial charge in [-0.15, -0.1) is 10.2 Å². The summed E-state index contributed by atoms with van der Waals surface area (Å²) in [6.45, 7) is 4.22. The number of thioether (sulfide) groups is 1. The smallest absolute Gasteiger partial charge is 0.191 e. The molecule has 0 atom stereocenters. The summed E-state index contributed by atoms with van der Waals surface area (Å²) in [5, 5.41) is 9.71. The number of hydrogen-bond donors (Lipinski definition) is 0. The number of aromatic nitrogens is 5. The largest absolute Gasteiger partial charge is 0.306 e. The fraction of sp³-hybridized carbons (Fsp3) is 0.308. The number of hydrogen-bond acceptors (Lipinski definition) is 4. The van der Waals surface area contributed by atoms with Crippen LogP contribution in [0.1, 0.15) is 25.6 Å². The van der Waals surface area contributed by atoms with Crippen molar-refractivity contribution < 1.29 is 0 Å². The lowest BCUT2D eigenvalue weighted by Gasteiger charge is -2.08. The predicted molar refractivity (Wildman–Crippen MR) is 80.2 cm³/mol. The third kappa shape index (κ3) is 2.66. The standard InChI is InChI=1S/C13H14ClN5S/c1-9(2)19-8-15-17-13(19)20-7-11-6-18-5-10(14)3-4-12(18)16-11/h3-6,8-9H,7H2,1-2H3. The van der Waals surface area contributed by atoms with Crippen molar-refractivity contribution in [2.24, 2.45) is 0 Å². The highest BCUT2D eigenvalue weighted by Gasteiger charge is 2.09. The number of halogens is 1. The summed E-state index contributed by atoms with van der Waals surface area (Å²) in [6.07, 6.45) is 5.61. The van der Waals surface area contributed by atoms with E-state index < -0.39 is 0 Å². The average Bonchev–Trinajstić information content (AvgIpc) is 3.01. The zero-order valence-electron chi connectivity index (χ0n) is 11.2. The summed E-state index contributed by atoms with van der Waals surface area (Å²) in [4.78, 5) is 4.55. The zero-order chi connectivity index (χ0) is 14.1. The van der Waals surface area contributed by atoms with Crippen LogP contribution in [-0.4, -0.2) is 24.1 Å². The van der Waals surface area contributed by atoms with Gasteiger partial charge in [-0.3, -0.25) is 0 Å². The molecule has 0 aliphatic heterocycles. The molecule has 3 heterocycles. The molecule has 0 unspecified atom stereocenters. The second kappa shape index (κ2) is 5.46. The van der Waals surface area contributed by atoms with Crippen LogP contribution in [0.25, 0.3) is 5.65 Å². The molecular weight excluding hydrogens is 294 g/mol. The molecule has 0 saturated heterocycles. The third-order valence-corrected chi connectivity index (χ3v) is 4.12. The molecule has 0 radical (unpaired) electrons. The molecule has 3 aromatic rings. The Kier molecular flexibility index (Phi) is 3.67. The van der Waals surface area contributed by atoms with Gasteiger partial charge in [-0.1, -0.05) is 23.4 Å². The van der Waals surface area contributed by atoms with Gasteiger partial charge in [0.1, 0.15) is 12.0 Å². The van der Waals surface area contributed by atoms with Gasteiger partial charge in [0.25, 0.3) is 0 Å². The molecule has 0 spiro atoms. The van der Waals surface area contributed by atoms with Crippen LogP contribution in [0.4, 0.5) is 0 Å². The molecule has 0 saturated carbocycles. The van der Waals surface area contributed by atoms with Crippen LogP contribution < -0.4 is 0 Å². The first-order valence-electron chi connectivity index (χ1n) is 6.29. The van der Waals surface area contributed by atoms with Crippen LogP contribution in [0.3, 0.4) is 0 Å². The van der Waals surface area contributed by atoms with E-state index in [1.807, 2.05) is 28.9 Å². The lowest BCUT2D eigenvalue weighted by molar-refractivity contribution is 0.549. The minimum atomic E-state index is 0.354. The number of imidazole rings is 1. The molecule has 5 nitrogen and oxygen atoms in total. The molecular formula is C13H14ClN5S. The fourth-order valence-electron chi connectivity index (χ4n) is 1.91. The van der Waals surface area contributed by atoms with Crippen molar-refractivity contribution in [3.05, 3.63) is 41.6 Å². The Balaban J connectivity index is 1.78. The molecule has 0 amide bonds. The molecule has 3 aromatic heterocycles. The van der Waals surface area contributed by atoms with Crippen molar-refractivity contribution in [2.45, 2.75) is 30.8 Å². The molecule has 0 N–H and O–H groups in total. The van der Waals surface area contributed by atoms with Gasteiger partial charge in [0.2, 0.25) is 0 Å². The summed E-state index contributed by atoms with van der Waals surface area (Å²) < 4.78 is 3.99. The van der Waals surface area contributed by atoms with Crippen LogP contribution >= 0.6 is 23.4 Å². The topological polar surface area (TPSA) is 48.0 Å². The van der Waals surface area contributed by atoms with Crippen LogP contribution in [0.15, 0.2) is 36.0 Å². The minimum Gasteiger partial charge on any atom is -0.306 e. The number of nitrogens with zero attached hydrogens (tertiary/aromatic N) is 5. The Hall–Kier alpha value is -1.53. The molecule has 0 aliphatic rings. The SMILES string of the molecule is CC(C)n1cnnc1SCc1cn2cc(Cl)ccc2n1. The summed E-state index contributed by atoms with van der Waals surface area (Å²) >= 11 is 7.60. The van der Waals surface area contributed by atoms with Crippen molar-refractivity contribution in [2.75, 3.05) is 0 Å². The second-order valence-corrected chi connectivity index (χ2v) is 6.13. The molecule has 20 heavy (non-hydrogen) atoms. The maximum absolute atomic E-state index is 5.97. The van der Waals surface area contributed by atoms with E-state index in [1.54, 1.807) is 18.1 Å².